The summed E-state index contributed by atoms with van der Waals surface area (Å²) in [6, 6.07) is 9.95. The van der Waals surface area contributed by atoms with Crippen LogP contribution in [0.5, 0.6) is 0 Å². The molecule has 1 aromatic carbocycles. The van der Waals surface area contributed by atoms with Gasteiger partial charge >= 0.3 is 0 Å². The molecule has 1 aliphatic carbocycles. The summed E-state index contributed by atoms with van der Waals surface area (Å²) in [4.78, 5) is 0. The van der Waals surface area contributed by atoms with Gasteiger partial charge in [0.2, 0.25) is 0 Å². The van der Waals surface area contributed by atoms with E-state index in [4.69, 9.17) is 4.74 Å². The summed E-state index contributed by atoms with van der Waals surface area (Å²) in [5.41, 5.74) is 2.92. The first-order valence-corrected chi connectivity index (χ1v) is 8.63. The van der Waals surface area contributed by atoms with Gasteiger partial charge in [0.05, 0.1) is 5.60 Å². The lowest BCUT2D eigenvalue weighted by molar-refractivity contribution is -0.110. The molecule has 1 saturated carbocycles. The number of hydrogen-bond acceptors (Lipinski definition) is 2. The maximum Gasteiger partial charge on any atom is 0.0697 e. The molecule has 1 saturated heterocycles. The molecule has 0 radical (unpaired) electrons. The maximum atomic E-state index is 6.20. The quantitative estimate of drug-likeness (QED) is 0.882. The molecule has 2 aliphatic rings. The molecule has 3 rings (SSSR count). The molecule has 21 heavy (non-hydrogen) atoms. The van der Waals surface area contributed by atoms with E-state index in [2.05, 4.69) is 43.4 Å². The van der Waals surface area contributed by atoms with E-state index in [1.54, 1.807) is 0 Å². The Balaban J connectivity index is 1.60. The predicted octanol–water partition coefficient (Wildman–Crippen LogP) is 4.53. The van der Waals surface area contributed by atoms with Gasteiger partial charge in [0.25, 0.3) is 0 Å². The van der Waals surface area contributed by atoms with E-state index in [1.807, 2.05) is 0 Å². The molecule has 0 amide bonds. The highest BCUT2D eigenvalue weighted by Crippen LogP contribution is 2.39. The Morgan fingerprint density at radius 2 is 1.86 bits per heavy atom. The predicted molar refractivity (Wildman–Crippen MR) is 87.5 cm³/mol. The van der Waals surface area contributed by atoms with Crippen molar-refractivity contribution in [3.63, 3.8) is 0 Å². The van der Waals surface area contributed by atoms with Crippen molar-refractivity contribution in [1.82, 2.24) is 5.32 Å². The molecule has 1 aromatic rings. The lowest BCUT2D eigenvalue weighted by atomic mass is 9.78. The van der Waals surface area contributed by atoms with E-state index in [0.717, 1.165) is 13.0 Å². The molecule has 2 heteroatoms. The summed E-state index contributed by atoms with van der Waals surface area (Å²) in [6.45, 7) is 5.36. The zero-order chi connectivity index (χ0) is 14.7. The van der Waals surface area contributed by atoms with Crippen LogP contribution in [-0.4, -0.2) is 18.2 Å². The van der Waals surface area contributed by atoms with Crippen LogP contribution in [0.25, 0.3) is 0 Å². The second-order valence-corrected chi connectivity index (χ2v) is 7.08. The highest BCUT2D eigenvalue weighted by atomic mass is 16.5. The average Bonchev–Trinajstić information content (AvgIpc) is 2.49. The first kappa shape index (κ1) is 15.1. The Morgan fingerprint density at radius 1 is 1.14 bits per heavy atom. The van der Waals surface area contributed by atoms with Crippen LogP contribution >= 0.6 is 0 Å². The summed E-state index contributed by atoms with van der Waals surface area (Å²) >= 11 is 0. The van der Waals surface area contributed by atoms with Crippen LogP contribution in [0.3, 0.4) is 0 Å². The maximum absolute atomic E-state index is 6.20. The van der Waals surface area contributed by atoms with Gasteiger partial charge in [-0.1, -0.05) is 49.1 Å². The second kappa shape index (κ2) is 6.50. The number of rotatable bonds is 3. The molecule has 116 valence electrons. The summed E-state index contributed by atoms with van der Waals surface area (Å²) in [7, 11) is 0. The van der Waals surface area contributed by atoms with Crippen molar-refractivity contribution in [2.45, 2.75) is 76.5 Å². The van der Waals surface area contributed by atoms with Gasteiger partial charge in [0.1, 0.15) is 0 Å². The van der Waals surface area contributed by atoms with Crippen LogP contribution in [0, 0.1) is 6.92 Å². The van der Waals surface area contributed by atoms with Crippen LogP contribution in [-0.2, 0) is 4.74 Å². The standard InChI is InChI=1S/C19H29NO/c1-15-6-8-17(9-7-15)16(2)20-18-10-13-21-19(14-18)11-4-3-5-12-19/h6-9,16,18,20H,3-5,10-14H2,1-2H3/t16-,18?/m0/s1. The minimum absolute atomic E-state index is 0.196. The summed E-state index contributed by atoms with van der Waals surface area (Å²) in [5.74, 6) is 0. The van der Waals surface area contributed by atoms with Crippen LogP contribution in [0.1, 0.15) is 69.0 Å². The molecular weight excluding hydrogens is 258 g/mol. The molecule has 1 heterocycles. The van der Waals surface area contributed by atoms with Crippen molar-refractivity contribution in [3.05, 3.63) is 35.4 Å². The van der Waals surface area contributed by atoms with Gasteiger partial charge in [-0.2, -0.15) is 0 Å². The third-order valence-electron chi connectivity index (χ3n) is 5.32. The monoisotopic (exact) mass is 287 g/mol. The molecule has 0 aromatic heterocycles. The Bertz CT molecular complexity index is 442. The van der Waals surface area contributed by atoms with Gasteiger partial charge in [-0.15, -0.1) is 0 Å². The van der Waals surface area contributed by atoms with Crippen LogP contribution in [0.15, 0.2) is 24.3 Å². The Labute approximate surface area is 129 Å². The third-order valence-corrected chi connectivity index (χ3v) is 5.32. The van der Waals surface area contributed by atoms with E-state index in [1.165, 1.54) is 49.7 Å². The van der Waals surface area contributed by atoms with Crippen molar-refractivity contribution in [3.8, 4) is 0 Å². The summed E-state index contributed by atoms with van der Waals surface area (Å²) in [6.07, 6.45) is 8.97. The fraction of sp³-hybridized carbons (Fsp3) is 0.684. The normalized spacial score (nSPS) is 26.7. The summed E-state index contributed by atoms with van der Waals surface area (Å²) < 4.78 is 6.20. The minimum atomic E-state index is 0.196. The number of benzene rings is 1. The van der Waals surface area contributed by atoms with Gasteiger partial charge < -0.3 is 10.1 Å². The number of hydrogen-bond donors (Lipinski definition) is 1. The van der Waals surface area contributed by atoms with E-state index in [9.17, 15) is 0 Å². The van der Waals surface area contributed by atoms with Gasteiger partial charge in [-0.25, -0.2) is 0 Å². The Kier molecular flexibility index (Phi) is 4.66. The van der Waals surface area contributed by atoms with Crippen LogP contribution in [0.2, 0.25) is 0 Å². The number of aryl methyl sites for hydroxylation is 1. The van der Waals surface area contributed by atoms with E-state index < -0.39 is 0 Å². The van der Waals surface area contributed by atoms with Gasteiger partial charge in [0.15, 0.2) is 0 Å². The molecule has 1 unspecified atom stereocenters. The van der Waals surface area contributed by atoms with Crippen molar-refractivity contribution in [2.75, 3.05) is 6.61 Å². The van der Waals surface area contributed by atoms with Crippen LogP contribution in [0.4, 0.5) is 0 Å². The molecule has 1 aliphatic heterocycles. The largest absolute Gasteiger partial charge is 0.375 e. The van der Waals surface area contributed by atoms with Gasteiger partial charge in [-0.3, -0.25) is 0 Å². The van der Waals surface area contributed by atoms with Gasteiger partial charge in [-0.05, 0) is 45.1 Å². The second-order valence-electron chi connectivity index (χ2n) is 7.08. The van der Waals surface area contributed by atoms with Crippen molar-refractivity contribution < 1.29 is 4.74 Å². The lowest BCUT2D eigenvalue weighted by Crippen LogP contribution is -2.48. The van der Waals surface area contributed by atoms with Crippen LogP contribution < -0.4 is 5.32 Å². The molecule has 2 atom stereocenters. The topological polar surface area (TPSA) is 21.3 Å². The fourth-order valence-electron chi connectivity index (χ4n) is 4.02. The van der Waals surface area contributed by atoms with Crippen molar-refractivity contribution in [1.29, 1.82) is 0 Å². The first-order valence-electron chi connectivity index (χ1n) is 8.63. The smallest absolute Gasteiger partial charge is 0.0697 e. The highest BCUT2D eigenvalue weighted by molar-refractivity contribution is 5.23. The average molecular weight is 287 g/mol. The zero-order valence-electron chi connectivity index (χ0n) is 13.5. The highest BCUT2D eigenvalue weighted by Gasteiger charge is 2.38. The third kappa shape index (κ3) is 3.67. The molecular formula is C19H29NO. The Hall–Kier alpha value is -0.860. The number of nitrogens with one attached hydrogen (secondary N) is 1. The SMILES string of the molecule is Cc1ccc([C@H](C)NC2CCOC3(CCCCC3)C2)cc1. The molecule has 1 spiro atoms. The molecule has 2 fully saturated rings. The molecule has 0 bridgehead atoms. The van der Waals surface area contributed by atoms with Crippen molar-refractivity contribution in [2.24, 2.45) is 0 Å². The Morgan fingerprint density at radius 3 is 2.57 bits per heavy atom. The van der Waals surface area contributed by atoms with Crippen molar-refractivity contribution >= 4 is 0 Å². The minimum Gasteiger partial charge on any atom is -0.375 e. The summed E-state index contributed by atoms with van der Waals surface area (Å²) in [5, 5.41) is 3.85. The van der Waals surface area contributed by atoms with Gasteiger partial charge in [0, 0.05) is 18.7 Å². The van der Waals surface area contributed by atoms with E-state index in [-0.39, 0.29) is 5.60 Å². The lowest BCUT2D eigenvalue weighted by Gasteiger charge is -2.44. The van der Waals surface area contributed by atoms with E-state index >= 15 is 0 Å². The molecule has 1 N–H and O–H groups in total. The number of ether oxygens (including phenoxy) is 1. The zero-order valence-corrected chi connectivity index (χ0v) is 13.5. The fourth-order valence-corrected chi connectivity index (χ4v) is 4.02. The molecule has 2 nitrogen and oxygen atoms in total. The first-order chi connectivity index (χ1) is 10.2. The van der Waals surface area contributed by atoms with E-state index in [0.29, 0.717) is 12.1 Å².